The van der Waals surface area contributed by atoms with Crippen molar-refractivity contribution < 1.29 is 4.79 Å². The lowest BCUT2D eigenvalue weighted by molar-refractivity contribution is -0.143. The molecule has 2 aliphatic rings. The van der Waals surface area contributed by atoms with Crippen LogP contribution in [0.2, 0.25) is 0 Å². The number of halogens is 1. The molecule has 0 radical (unpaired) electrons. The van der Waals surface area contributed by atoms with E-state index < -0.39 is 0 Å². The molecule has 1 amide bonds. The maximum atomic E-state index is 13.0. The Morgan fingerprint density at radius 1 is 1.16 bits per heavy atom. The zero-order valence-corrected chi connectivity index (χ0v) is 14.0. The van der Waals surface area contributed by atoms with Crippen LogP contribution < -0.4 is 0 Å². The van der Waals surface area contributed by atoms with E-state index in [2.05, 4.69) is 34.7 Å². The van der Waals surface area contributed by atoms with Gasteiger partial charge in [-0.2, -0.15) is 0 Å². The van der Waals surface area contributed by atoms with Gasteiger partial charge in [0, 0.05) is 23.8 Å². The smallest absolute Gasteiger partial charge is 0.226 e. The second-order valence-corrected chi connectivity index (χ2v) is 7.62. The number of alkyl halides is 1. The number of hydrogen-bond acceptors (Lipinski definition) is 1. The first-order valence-electron chi connectivity index (χ1n) is 7.93. The molecule has 0 aromatic rings. The molecule has 19 heavy (non-hydrogen) atoms. The van der Waals surface area contributed by atoms with Crippen molar-refractivity contribution in [2.75, 3.05) is 11.9 Å². The van der Waals surface area contributed by atoms with Crippen LogP contribution in [0.15, 0.2) is 0 Å². The first kappa shape index (κ1) is 15.3. The van der Waals surface area contributed by atoms with Gasteiger partial charge in [0.1, 0.15) is 0 Å². The minimum Gasteiger partial charge on any atom is -0.339 e. The number of likely N-dealkylation sites (tertiary alicyclic amines) is 1. The molecule has 2 fully saturated rings. The molecule has 110 valence electrons. The van der Waals surface area contributed by atoms with Crippen LogP contribution in [-0.4, -0.2) is 28.7 Å². The Hall–Kier alpha value is -0.0500. The molecule has 0 aromatic heterocycles. The lowest BCUT2D eigenvalue weighted by Crippen LogP contribution is -2.48. The summed E-state index contributed by atoms with van der Waals surface area (Å²) in [5.74, 6) is 0.692. The summed E-state index contributed by atoms with van der Waals surface area (Å²) >= 11 is 3.61. The monoisotopic (exact) mass is 329 g/mol. The zero-order valence-electron chi connectivity index (χ0n) is 12.5. The highest BCUT2D eigenvalue weighted by molar-refractivity contribution is 9.09. The molecule has 1 saturated carbocycles. The van der Waals surface area contributed by atoms with Crippen LogP contribution in [0.1, 0.15) is 65.2 Å². The topological polar surface area (TPSA) is 20.3 Å². The molecule has 2 nitrogen and oxygen atoms in total. The maximum Gasteiger partial charge on any atom is 0.226 e. The number of rotatable bonds is 2. The van der Waals surface area contributed by atoms with Crippen molar-refractivity contribution in [1.29, 1.82) is 0 Å². The van der Waals surface area contributed by atoms with Crippen molar-refractivity contribution in [3.05, 3.63) is 0 Å². The molecule has 2 rings (SSSR count). The lowest BCUT2D eigenvalue weighted by atomic mass is 9.68. The van der Waals surface area contributed by atoms with Crippen LogP contribution >= 0.6 is 15.9 Å². The van der Waals surface area contributed by atoms with Crippen LogP contribution in [0.3, 0.4) is 0 Å². The second kappa shape index (κ2) is 6.60. The highest BCUT2D eigenvalue weighted by atomic mass is 79.9. The Balaban J connectivity index is 2.11. The van der Waals surface area contributed by atoms with Crippen LogP contribution in [0.4, 0.5) is 0 Å². The summed E-state index contributed by atoms with van der Waals surface area (Å²) in [7, 11) is 0. The van der Waals surface area contributed by atoms with Gasteiger partial charge in [0.15, 0.2) is 0 Å². The summed E-state index contributed by atoms with van der Waals surface area (Å²) in [5.41, 5.74) is 0.193. The van der Waals surface area contributed by atoms with E-state index in [4.69, 9.17) is 0 Å². The summed E-state index contributed by atoms with van der Waals surface area (Å²) in [5, 5.41) is 0.936. The largest absolute Gasteiger partial charge is 0.339 e. The standard InChI is InChI=1S/C16H28BrNO/c1-16(2)10-6-5-9-14(16)15(19)18-11-7-3-4-8-13(18)12-17/h13-14H,3-12H2,1-2H3. The predicted molar refractivity (Wildman–Crippen MR) is 83.5 cm³/mol. The van der Waals surface area contributed by atoms with Gasteiger partial charge in [0.25, 0.3) is 0 Å². The molecular formula is C16H28BrNO. The summed E-state index contributed by atoms with van der Waals surface area (Å²) < 4.78 is 0. The number of hydrogen-bond donors (Lipinski definition) is 0. The third kappa shape index (κ3) is 3.53. The average Bonchev–Trinajstić information content (AvgIpc) is 2.62. The van der Waals surface area contributed by atoms with Gasteiger partial charge in [0.2, 0.25) is 5.91 Å². The molecule has 1 saturated heterocycles. The van der Waals surface area contributed by atoms with Crippen molar-refractivity contribution in [3.8, 4) is 0 Å². The Labute approximate surface area is 126 Å². The van der Waals surface area contributed by atoms with E-state index in [-0.39, 0.29) is 11.3 Å². The van der Waals surface area contributed by atoms with Gasteiger partial charge in [0.05, 0.1) is 0 Å². The summed E-state index contributed by atoms with van der Waals surface area (Å²) in [6.07, 6.45) is 9.72. The number of amides is 1. The lowest BCUT2D eigenvalue weighted by Gasteiger charge is -2.41. The number of carbonyl (C=O) groups excluding carboxylic acids is 1. The first-order chi connectivity index (χ1) is 9.06. The Morgan fingerprint density at radius 2 is 1.89 bits per heavy atom. The van der Waals surface area contributed by atoms with Crippen molar-refractivity contribution >= 4 is 21.8 Å². The first-order valence-corrected chi connectivity index (χ1v) is 9.05. The number of nitrogens with zero attached hydrogens (tertiary/aromatic N) is 1. The third-order valence-corrected chi connectivity index (χ3v) is 5.89. The van der Waals surface area contributed by atoms with Crippen molar-refractivity contribution in [2.45, 2.75) is 71.3 Å². The van der Waals surface area contributed by atoms with E-state index in [0.29, 0.717) is 11.9 Å². The second-order valence-electron chi connectivity index (χ2n) is 6.98. The minimum atomic E-state index is 0.193. The van der Waals surface area contributed by atoms with Crippen LogP contribution in [0.5, 0.6) is 0 Å². The van der Waals surface area contributed by atoms with E-state index in [1.165, 1.54) is 44.9 Å². The third-order valence-electron chi connectivity index (χ3n) is 5.14. The molecule has 0 spiro atoms. The average molecular weight is 330 g/mol. The fourth-order valence-electron chi connectivity index (χ4n) is 3.78. The normalized spacial score (nSPS) is 31.8. The fraction of sp³-hybridized carbons (Fsp3) is 0.938. The molecule has 3 heteroatoms. The van der Waals surface area contributed by atoms with Crippen molar-refractivity contribution in [2.24, 2.45) is 11.3 Å². The van der Waals surface area contributed by atoms with Gasteiger partial charge >= 0.3 is 0 Å². The molecule has 1 heterocycles. The molecule has 2 unspecified atom stereocenters. The van der Waals surface area contributed by atoms with Crippen molar-refractivity contribution in [1.82, 2.24) is 4.90 Å². The van der Waals surface area contributed by atoms with Gasteiger partial charge < -0.3 is 4.90 Å². The quantitative estimate of drug-likeness (QED) is 0.689. The Bertz CT molecular complexity index is 316. The van der Waals surface area contributed by atoms with Crippen LogP contribution in [0, 0.1) is 11.3 Å². The van der Waals surface area contributed by atoms with Gasteiger partial charge in [-0.15, -0.1) is 0 Å². The minimum absolute atomic E-state index is 0.193. The van der Waals surface area contributed by atoms with Crippen LogP contribution in [0.25, 0.3) is 0 Å². The van der Waals surface area contributed by atoms with Crippen LogP contribution in [-0.2, 0) is 4.79 Å². The molecular weight excluding hydrogens is 302 g/mol. The van der Waals surface area contributed by atoms with Crippen molar-refractivity contribution in [3.63, 3.8) is 0 Å². The van der Waals surface area contributed by atoms with E-state index in [1.807, 2.05) is 0 Å². The van der Waals surface area contributed by atoms with Gasteiger partial charge in [-0.3, -0.25) is 4.79 Å². The highest BCUT2D eigenvalue weighted by Crippen LogP contribution is 2.42. The van der Waals surface area contributed by atoms with Gasteiger partial charge in [-0.05, 0) is 31.1 Å². The van der Waals surface area contributed by atoms with E-state index >= 15 is 0 Å². The molecule has 0 bridgehead atoms. The molecule has 2 atom stereocenters. The summed E-state index contributed by atoms with van der Waals surface area (Å²) in [6.45, 7) is 5.55. The highest BCUT2D eigenvalue weighted by Gasteiger charge is 2.40. The fourth-order valence-corrected chi connectivity index (χ4v) is 4.45. The molecule has 1 aliphatic carbocycles. The molecule has 0 aromatic carbocycles. The van der Waals surface area contributed by atoms with E-state index in [9.17, 15) is 4.79 Å². The number of carbonyl (C=O) groups is 1. The summed E-state index contributed by atoms with van der Waals surface area (Å²) in [6, 6.07) is 0.424. The zero-order chi connectivity index (χ0) is 13.9. The molecule has 0 N–H and O–H groups in total. The SMILES string of the molecule is CC1(C)CCCCC1C(=O)N1CCCCCC1CBr. The van der Waals surface area contributed by atoms with E-state index in [1.54, 1.807) is 0 Å². The Kier molecular flexibility index (Phi) is 5.33. The predicted octanol–water partition coefficient (Wildman–Crippen LogP) is 4.37. The molecule has 1 aliphatic heterocycles. The maximum absolute atomic E-state index is 13.0. The van der Waals surface area contributed by atoms with E-state index in [0.717, 1.165) is 18.3 Å². The summed E-state index contributed by atoms with van der Waals surface area (Å²) in [4.78, 5) is 15.2. The van der Waals surface area contributed by atoms with Gasteiger partial charge in [-0.1, -0.05) is 55.5 Å². The Morgan fingerprint density at radius 3 is 2.58 bits per heavy atom. The van der Waals surface area contributed by atoms with Gasteiger partial charge in [-0.25, -0.2) is 0 Å².